The van der Waals surface area contributed by atoms with Crippen molar-refractivity contribution in [1.82, 2.24) is 10.2 Å². The number of likely N-dealkylation sites (N-methyl/N-ethyl adjacent to an activating group) is 1. The number of amides is 2. The Labute approximate surface area is 125 Å². The fourth-order valence-electron chi connectivity index (χ4n) is 3.13. The average molecular weight is 298 g/mol. The molecule has 0 saturated heterocycles. The minimum Gasteiger partial charge on any atom is -0.481 e. The van der Waals surface area contributed by atoms with E-state index in [4.69, 9.17) is 5.11 Å². The molecule has 6 nitrogen and oxygen atoms in total. The predicted octanol–water partition coefficient (Wildman–Crippen LogP) is 1.40. The zero-order chi connectivity index (χ0) is 15.9. The molecule has 2 N–H and O–H groups in total. The number of carboxylic acids is 1. The van der Waals surface area contributed by atoms with E-state index in [1.165, 1.54) is 0 Å². The van der Waals surface area contributed by atoms with Crippen LogP contribution in [-0.2, 0) is 14.4 Å². The molecule has 1 rings (SSSR count). The van der Waals surface area contributed by atoms with Crippen LogP contribution < -0.4 is 5.32 Å². The second kappa shape index (κ2) is 8.00. The van der Waals surface area contributed by atoms with E-state index < -0.39 is 11.4 Å². The molecule has 0 heterocycles. The monoisotopic (exact) mass is 298 g/mol. The van der Waals surface area contributed by atoms with Crippen molar-refractivity contribution in [2.45, 2.75) is 52.4 Å². The molecule has 0 unspecified atom stereocenters. The van der Waals surface area contributed by atoms with Gasteiger partial charge in [-0.1, -0.05) is 12.8 Å². The normalized spacial score (nSPS) is 16.5. The molecule has 0 aromatic carbocycles. The van der Waals surface area contributed by atoms with Crippen LogP contribution in [-0.4, -0.2) is 47.4 Å². The Morgan fingerprint density at radius 3 is 2.14 bits per heavy atom. The van der Waals surface area contributed by atoms with Gasteiger partial charge in [-0.2, -0.15) is 0 Å². The van der Waals surface area contributed by atoms with Crippen molar-refractivity contribution in [3.63, 3.8) is 0 Å². The van der Waals surface area contributed by atoms with Crippen molar-refractivity contribution >= 4 is 17.8 Å². The van der Waals surface area contributed by atoms with Gasteiger partial charge in [0.15, 0.2) is 0 Å². The molecule has 0 aliphatic heterocycles. The summed E-state index contributed by atoms with van der Waals surface area (Å²) in [7, 11) is 0. The van der Waals surface area contributed by atoms with Crippen LogP contribution in [0, 0.1) is 5.41 Å². The number of carbonyl (C=O) groups excluding carboxylic acids is 2. The maximum Gasteiger partial charge on any atom is 0.303 e. The molecule has 0 aromatic rings. The minimum absolute atomic E-state index is 0.0103. The molecule has 120 valence electrons. The van der Waals surface area contributed by atoms with Gasteiger partial charge in [-0.15, -0.1) is 0 Å². The van der Waals surface area contributed by atoms with Gasteiger partial charge in [0.05, 0.1) is 13.0 Å². The molecular formula is C15H26N2O4. The predicted molar refractivity (Wildman–Crippen MR) is 78.7 cm³/mol. The lowest BCUT2D eigenvalue weighted by molar-refractivity contribution is -0.140. The molecule has 21 heavy (non-hydrogen) atoms. The third-order valence-electron chi connectivity index (χ3n) is 4.28. The lowest BCUT2D eigenvalue weighted by atomic mass is 9.79. The lowest BCUT2D eigenvalue weighted by Gasteiger charge is -2.26. The fourth-order valence-corrected chi connectivity index (χ4v) is 3.13. The van der Waals surface area contributed by atoms with Crippen LogP contribution in [0.1, 0.15) is 52.4 Å². The molecule has 1 saturated carbocycles. The summed E-state index contributed by atoms with van der Waals surface area (Å²) in [4.78, 5) is 36.5. The van der Waals surface area contributed by atoms with Crippen LogP contribution in [0.25, 0.3) is 0 Å². The first-order valence-electron chi connectivity index (χ1n) is 7.68. The first kappa shape index (κ1) is 17.5. The van der Waals surface area contributed by atoms with Gasteiger partial charge in [0, 0.05) is 19.5 Å². The molecule has 0 bridgehead atoms. The van der Waals surface area contributed by atoms with Gasteiger partial charge in [0.2, 0.25) is 11.8 Å². The number of rotatable bonds is 8. The molecule has 1 fully saturated rings. The van der Waals surface area contributed by atoms with E-state index in [9.17, 15) is 14.4 Å². The summed E-state index contributed by atoms with van der Waals surface area (Å²) in [6, 6.07) is 0. The lowest BCUT2D eigenvalue weighted by Crippen LogP contribution is -2.41. The van der Waals surface area contributed by atoms with E-state index in [1.54, 1.807) is 4.90 Å². The summed E-state index contributed by atoms with van der Waals surface area (Å²) in [6.07, 6.45) is 3.72. The summed E-state index contributed by atoms with van der Waals surface area (Å²) >= 11 is 0. The number of carbonyl (C=O) groups is 3. The maximum atomic E-state index is 12.0. The minimum atomic E-state index is -0.857. The average Bonchev–Trinajstić information content (AvgIpc) is 2.85. The number of nitrogens with one attached hydrogen (secondary N) is 1. The van der Waals surface area contributed by atoms with Crippen molar-refractivity contribution in [2.24, 2.45) is 5.41 Å². The summed E-state index contributed by atoms with van der Waals surface area (Å²) in [6.45, 7) is 5.01. The van der Waals surface area contributed by atoms with Gasteiger partial charge >= 0.3 is 5.97 Å². The molecule has 2 amide bonds. The zero-order valence-corrected chi connectivity index (χ0v) is 13.0. The van der Waals surface area contributed by atoms with Crippen molar-refractivity contribution in [1.29, 1.82) is 0 Å². The third-order valence-corrected chi connectivity index (χ3v) is 4.28. The van der Waals surface area contributed by atoms with Crippen LogP contribution in [0.5, 0.6) is 0 Å². The van der Waals surface area contributed by atoms with Crippen LogP contribution in [0.2, 0.25) is 0 Å². The Morgan fingerprint density at radius 1 is 1.10 bits per heavy atom. The van der Waals surface area contributed by atoms with Crippen molar-refractivity contribution in [2.75, 3.05) is 19.6 Å². The maximum absolute atomic E-state index is 12.0. The molecule has 0 spiro atoms. The van der Waals surface area contributed by atoms with Gasteiger partial charge < -0.3 is 15.3 Å². The topological polar surface area (TPSA) is 86.7 Å². The second-order valence-corrected chi connectivity index (χ2v) is 5.80. The molecular weight excluding hydrogens is 272 g/mol. The van der Waals surface area contributed by atoms with Gasteiger partial charge in [-0.3, -0.25) is 14.4 Å². The van der Waals surface area contributed by atoms with E-state index in [1.807, 2.05) is 13.8 Å². The van der Waals surface area contributed by atoms with Crippen LogP contribution in [0.3, 0.4) is 0 Å². The Hall–Kier alpha value is -1.59. The second-order valence-electron chi connectivity index (χ2n) is 5.80. The highest BCUT2D eigenvalue weighted by Gasteiger charge is 2.37. The fraction of sp³-hybridized carbons (Fsp3) is 0.800. The molecule has 6 heteroatoms. The number of hydrogen-bond donors (Lipinski definition) is 2. The summed E-state index contributed by atoms with van der Waals surface area (Å²) in [5, 5.41) is 11.6. The number of nitrogens with zero attached hydrogens (tertiary/aromatic N) is 1. The molecule has 1 aliphatic carbocycles. The number of aliphatic carboxylic acids is 1. The van der Waals surface area contributed by atoms with E-state index in [2.05, 4.69) is 5.32 Å². The van der Waals surface area contributed by atoms with Gasteiger partial charge in [-0.25, -0.2) is 0 Å². The Balaban J connectivity index is 2.48. The summed E-state index contributed by atoms with van der Waals surface area (Å²) < 4.78 is 0. The highest BCUT2D eigenvalue weighted by molar-refractivity contribution is 5.85. The first-order valence-corrected chi connectivity index (χ1v) is 7.68. The zero-order valence-electron chi connectivity index (χ0n) is 13.0. The van der Waals surface area contributed by atoms with Crippen molar-refractivity contribution in [3.8, 4) is 0 Å². The van der Waals surface area contributed by atoms with E-state index in [0.29, 0.717) is 13.1 Å². The third kappa shape index (κ3) is 5.36. The van der Waals surface area contributed by atoms with Gasteiger partial charge in [0.1, 0.15) is 0 Å². The Morgan fingerprint density at radius 2 is 1.67 bits per heavy atom. The Bertz CT molecular complexity index is 385. The Kier molecular flexibility index (Phi) is 6.65. The smallest absolute Gasteiger partial charge is 0.303 e. The largest absolute Gasteiger partial charge is 0.481 e. The van der Waals surface area contributed by atoms with Crippen molar-refractivity contribution < 1.29 is 19.5 Å². The highest BCUT2D eigenvalue weighted by atomic mass is 16.4. The summed E-state index contributed by atoms with van der Waals surface area (Å²) in [5.41, 5.74) is -0.422. The SMILES string of the molecule is CCN(CC)C(=O)CNC(=O)CC1(CC(=O)O)CCCC1. The molecule has 1 aliphatic rings. The van der Waals surface area contributed by atoms with Gasteiger partial charge in [-0.05, 0) is 32.1 Å². The van der Waals surface area contributed by atoms with Crippen LogP contribution >= 0.6 is 0 Å². The van der Waals surface area contributed by atoms with E-state index >= 15 is 0 Å². The first-order chi connectivity index (χ1) is 9.92. The molecule has 0 atom stereocenters. The summed E-state index contributed by atoms with van der Waals surface area (Å²) in [5.74, 6) is -1.19. The standard InChI is InChI=1S/C15H26N2O4/c1-3-17(4-2)13(19)11-16-12(18)9-15(10-14(20)21)7-5-6-8-15/h3-11H2,1-2H3,(H,16,18)(H,20,21). The molecule has 0 radical (unpaired) electrons. The van der Waals surface area contributed by atoms with E-state index in [-0.39, 0.29) is 31.2 Å². The van der Waals surface area contributed by atoms with Crippen LogP contribution in [0.4, 0.5) is 0 Å². The quantitative estimate of drug-likeness (QED) is 0.709. The number of carboxylic acid groups (broad SMARTS) is 1. The van der Waals surface area contributed by atoms with E-state index in [0.717, 1.165) is 25.7 Å². The number of hydrogen-bond acceptors (Lipinski definition) is 3. The molecule has 0 aromatic heterocycles. The highest BCUT2D eigenvalue weighted by Crippen LogP contribution is 2.43. The van der Waals surface area contributed by atoms with Crippen molar-refractivity contribution in [3.05, 3.63) is 0 Å². The van der Waals surface area contributed by atoms with Crippen LogP contribution in [0.15, 0.2) is 0 Å². The van der Waals surface area contributed by atoms with Gasteiger partial charge in [0.25, 0.3) is 0 Å².